The fraction of sp³-hybridized carbons (Fsp3) is 0.118. The Labute approximate surface area is 169 Å². The average Bonchev–Trinajstić information content (AvgIpc) is 2.59. The molecule has 26 heavy (non-hydrogen) atoms. The summed E-state index contributed by atoms with van der Waals surface area (Å²) in [5, 5.41) is 2.81. The summed E-state index contributed by atoms with van der Waals surface area (Å²) in [7, 11) is 0. The molecule has 2 aromatic rings. The molecule has 0 unspecified atom stereocenters. The first-order chi connectivity index (χ1) is 12.3. The number of aryl methyl sites for hydroxylation is 1. The lowest BCUT2D eigenvalue weighted by atomic mass is 10.1. The number of ether oxygens (including phenoxy) is 1. The van der Waals surface area contributed by atoms with E-state index in [9.17, 15) is 9.59 Å². The maximum Gasteiger partial charge on any atom is 0.276 e. The zero-order chi connectivity index (χ0) is 19.1. The molecule has 9 heteroatoms. The van der Waals surface area contributed by atoms with E-state index in [1.807, 2.05) is 13.0 Å². The van der Waals surface area contributed by atoms with E-state index in [1.165, 1.54) is 0 Å². The second kappa shape index (κ2) is 9.51. The number of thiocarbonyl (C=S) groups is 1. The molecule has 0 aromatic heterocycles. The highest BCUT2D eigenvalue weighted by atomic mass is 79.9. The van der Waals surface area contributed by atoms with Gasteiger partial charge < -0.3 is 4.74 Å². The normalized spacial score (nSPS) is 9.96. The van der Waals surface area contributed by atoms with Gasteiger partial charge in [0.25, 0.3) is 11.8 Å². The lowest BCUT2D eigenvalue weighted by Crippen LogP contribution is -2.49. The second-order valence-electron chi connectivity index (χ2n) is 5.19. The molecule has 0 saturated heterocycles. The number of hydrogen-bond acceptors (Lipinski definition) is 4. The van der Waals surface area contributed by atoms with Crippen LogP contribution in [0.25, 0.3) is 0 Å². The Hall–Kier alpha value is -2.16. The van der Waals surface area contributed by atoms with Gasteiger partial charge in [0.2, 0.25) is 0 Å². The van der Waals surface area contributed by atoms with Crippen molar-refractivity contribution in [1.82, 2.24) is 16.2 Å². The first-order valence-corrected chi connectivity index (χ1v) is 8.98. The van der Waals surface area contributed by atoms with E-state index >= 15 is 0 Å². The molecule has 2 aromatic carbocycles. The largest absolute Gasteiger partial charge is 0.482 e. The minimum atomic E-state index is -0.490. The van der Waals surface area contributed by atoms with Crippen molar-refractivity contribution in [3.8, 4) is 5.75 Å². The summed E-state index contributed by atoms with van der Waals surface area (Å²) < 4.78 is 6.12. The van der Waals surface area contributed by atoms with Crippen LogP contribution in [0.4, 0.5) is 0 Å². The maximum atomic E-state index is 12.0. The third-order valence-electron chi connectivity index (χ3n) is 3.08. The van der Waals surface area contributed by atoms with Crippen LogP contribution >= 0.6 is 39.7 Å². The van der Waals surface area contributed by atoms with Gasteiger partial charge in [-0.1, -0.05) is 45.2 Å². The first-order valence-electron chi connectivity index (χ1n) is 7.40. The van der Waals surface area contributed by atoms with Crippen molar-refractivity contribution in [2.45, 2.75) is 6.92 Å². The standard InChI is InChI=1S/C17H15BrClN3O3S/c1-10-3-2-4-11(7-10)16(24)20-17(26)22-21-15(23)9-25-14-6-5-12(18)8-13(14)19/h2-8H,9H2,1H3,(H,21,23)(H2,20,22,24,26). The van der Waals surface area contributed by atoms with Crippen LogP contribution in [0.3, 0.4) is 0 Å². The average molecular weight is 457 g/mol. The van der Waals surface area contributed by atoms with Crippen molar-refractivity contribution in [1.29, 1.82) is 0 Å². The van der Waals surface area contributed by atoms with Gasteiger partial charge in [0.15, 0.2) is 11.7 Å². The van der Waals surface area contributed by atoms with Gasteiger partial charge in [0, 0.05) is 10.0 Å². The first kappa shape index (κ1) is 20.2. The molecule has 0 heterocycles. The molecular formula is C17H15BrClN3O3S. The molecule has 0 atom stereocenters. The van der Waals surface area contributed by atoms with Crippen LogP contribution in [0, 0.1) is 6.92 Å². The van der Waals surface area contributed by atoms with E-state index in [2.05, 4.69) is 32.1 Å². The molecular weight excluding hydrogens is 442 g/mol. The summed E-state index contributed by atoms with van der Waals surface area (Å²) in [5.41, 5.74) is 6.19. The molecule has 0 bridgehead atoms. The highest BCUT2D eigenvalue weighted by Gasteiger charge is 2.10. The Bertz CT molecular complexity index is 848. The third-order valence-corrected chi connectivity index (χ3v) is 4.07. The summed E-state index contributed by atoms with van der Waals surface area (Å²) in [6.07, 6.45) is 0. The molecule has 2 rings (SSSR count). The molecule has 2 amide bonds. The number of carbonyl (C=O) groups is 2. The van der Waals surface area contributed by atoms with Crippen molar-refractivity contribution < 1.29 is 14.3 Å². The Morgan fingerprint density at radius 1 is 1.19 bits per heavy atom. The fourth-order valence-corrected chi connectivity index (χ4v) is 2.76. The Balaban J connectivity index is 1.76. The number of carbonyl (C=O) groups excluding carboxylic acids is 2. The molecule has 0 aliphatic carbocycles. The van der Waals surface area contributed by atoms with Gasteiger partial charge in [-0.05, 0) is 49.5 Å². The highest BCUT2D eigenvalue weighted by Crippen LogP contribution is 2.27. The van der Waals surface area contributed by atoms with Crippen molar-refractivity contribution in [3.05, 3.63) is 63.1 Å². The number of halogens is 2. The highest BCUT2D eigenvalue weighted by molar-refractivity contribution is 9.10. The molecule has 136 valence electrons. The minimum absolute atomic E-state index is 0.0356. The molecule has 0 fully saturated rings. The van der Waals surface area contributed by atoms with Crippen LogP contribution in [0.2, 0.25) is 5.02 Å². The lowest BCUT2D eigenvalue weighted by molar-refractivity contribution is -0.123. The van der Waals surface area contributed by atoms with Crippen LogP contribution in [0.15, 0.2) is 46.9 Å². The van der Waals surface area contributed by atoms with E-state index in [0.29, 0.717) is 16.3 Å². The zero-order valence-electron chi connectivity index (χ0n) is 13.6. The third kappa shape index (κ3) is 6.29. The van der Waals surface area contributed by atoms with E-state index in [-0.39, 0.29) is 17.6 Å². The fourth-order valence-electron chi connectivity index (χ4n) is 1.89. The Kier molecular flexibility index (Phi) is 7.38. The van der Waals surface area contributed by atoms with Crippen molar-refractivity contribution >= 4 is 56.7 Å². The number of hydrogen-bond donors (Lipinski definition) is 3. The molecule has 0 radical (unpaired) electrons. The molecule has 3 N–H and O–H groups in total. The summed E-state index contributed by atoms with van der Waals surface area (Å²) in [4.78, 5) is 23.8. The maximum absolute atomic E-state index is 12.0. The zero-order valence-corrected chi connectivity index (χ0v) is 16.8. The summed E-state index contributed by atoms with van der Waals surface area (Å²) in [5.74, 6) is -0.491. The van der Waals surface area contributed by atoms with E-state index < -0.39 is 5.91 Å². The van der Waals surface area contributed by atoms with E-state index in [0.717, 1.165) is 10.0 Å². The van der Waals surface area contributed by atoms with E-state index in [1.54, 1.807) is 36.4 Å². The van der Waals surface area contributed by atoms with Gasteiger partial charge in [0.1, 0.15) is 5.75 Å². The predicted octanol–water partition coefficient (Wildman–Crippen LogP) is 3.13. The van der Waals surface area contributed by atoms with Gasteiger partial charge in [-0.15, -0.1) is 0 Å². The number of rotatable bonds is 4. The van der Waals surface area contributed by atoms with Crippen LogP contribution in [-0.2, 0) is 4.79 Å². The minimum Gasteiger partial charge on any atom is -0.482 e. The number of benzene rings is 2. The van der Waals surface area contributed by atoms with Crippen molar-refractivity contribution in [2.75, 3.05) is 6.61 Å². The van der Waals surface area contributed by atoms with E-state index in [4.69, 9.17) is 28.6 Å². The van der Waals surface area contributed by atoms with Gasteiger partial charge in [0.05, 0.1) is 5.02 Å². The topological polar surface area (TPSA) is 79.5 Å². The molecule has 6 nitrogen and oxygen atoms in total. The molecule has 0 spiro atoms. The SMILES string of the molecule is Cc1cccc(C(=O)NC(=S)NNC(=O)COc2ccc(Br)cc2Cl)c1. The van der Waals surface area contributed by atoms with Crippen LogP contribution in [-0.4, -0.2) is 23.5 Å². The molecule has 0 aliphatic heterocycles. The smallest absolute Gasteiger partial charge is 0.276 e. The van der Waals surface area contributed by atoms with Crippen molar-refractivity contribution in [3.63, 3.8) is 0 Å². The number of nitrogens with one attached hydrogen (secondary N) is 3. The van der Waals surface area contributed by atoms with Gasteiger partial charge in [-0.25, -0.2) is 0 Å². The lowest BCUT2D eigenvalue weighted by Gasteiger charge is -2.12. The van der Waals surface area contributed by atoms with Crippen molar-refractivity contribution in [2.24, 2.45) is 0 Å². The number of hydrazine groups is 1. The monoisotopic (exact) mass is 455 g/mol. The second-order valence-corrected chi connectivity index (χ2v) is 6.92. The van der Waals surface area contributed by atoms with Crippen LogP contribution in [0.1, 0.15) is 15.9 Å². The van der Waals surface area contributed by atoms with Gasteiger partial charge in [-0.2, -0.15) is 0 Å². The van der Waals surface area contributed by atoms with Crippen LogP contribution in [0.5, 0.6) is 5.75 Å². The molecule has 0 aliphatic rings. The Morgan fingerprint density at radius 3 is 2.65 bits per heavy atom. The summed E-state index contributed by atoms with van der Waals surface area (Å²) in [6.45, 7) is 1.61. The molecule has 0 saturated carbocycles. The van der Waals surface area contributed by atoms with Gasteiger partial charge in [-0.3, -0.25) is 25.8 Å². The predicted molar refractivity (Wildman–Crippen MR) is 107 cm³/mol. The summed E-state index contributed by atoms with van der Waals surface area (Å²) in [6, 6.07) is 12.1. The van der Waals surface area contributed by atoms with Gasteiger partial charge >= 0.3 is 0 Å². The van der Waals surface area contributed by atoms with Crippen LogP contribution < -0.4 is 20.9 Å². The number of amides is 2. The quantitative estimate of drug-likeness (QED) is 0.487. The summed E-state index contributed by atoms with van der Waals surface area (Å²) >= 11 is 14.2. The Morgan fingerprint density at radius 2 is 1.96 bits per heavy atom.